The first-order chi connectivity index (χ1) is 9.58. The first-order valence-corrected chi connectivity index (χ1v) is 7.53. The normalized spacial score (nSPS) is 14.1. The lowest BCUT2D eigenvalue weighted by Crippen LogP contribution is -2.20. The maximum Gasteiger partial charge on any atom is 0.122 e. The molecule has 0 fully saturated rings. The lowest BCUT2D eigenvalue weighted by molar-refractivity contribution is 0.149. The van der Waals surface area contributed by atoms with Crippen LogP contribution in [-0.4, -0.2) is 18.8 Å². The van der Waals surface area contributed by atoms with E-state index in [0.717, 1.165) is 27.3 Å². The van der Waals surface area contributed by atoms with Crippen LogP contribution in [0.4, 0.5) is 0 Å². The van der Waals surface area contributed by atoms with Crippen molar-refractivity contribution in [2.75, 3.05) is 13.7 Å². The highest BCUT2D eigenvalue weighted by Gasteiger charge is 2.26. The van der Waals surface area contributed by atoms with Gasteiger partial charge in [-0.05, 0) is 36.9 Å². The lowest BCUT2D eigenvalue weighted by Gasteiger charge is -2.24. The molecule has 0 bridgehead atoms. The second-order valence-corrected chi connectivity index (χ2v) is 5.95. The van der Waals surface area contributed by atoms with Crippen molar-refractivity contribution >= 4 is 11.3 Å². The molecule has 0 radical (unpaired) electrons. The minimum atomic E-state index is -0.601. The first kappa shape index (κ1) is 15.0. The second-order valence-electron chi connectivity index (χ2n) is 5.00. The number of ether oxygens (including phenoxy) is 1. The Morgan fingerprint density at radius 3 is 2.60 bits per heavy atom. The van der Waals surface area contributed by atoms with Crippen LogP contribution in [0.3, 0.4) is 0 Å². The van der Waals surface area contributed by atoms with Crippen molar-refractivity contribution in [2.24, 2.45) is 5.73 Å². The Balaban J connectivity index is 2.42. The fraction of sp³-hybridized carbons (Fsp3) is 0.375. The molecule has 1 heterocycles. The standard InChI is InChI=1S/C16H21NO2S/c1-10-4-5-14(19-3)12(8-10)13(9-17)15(18)16-11(2)6-7-20-16/h4-8,13,15,18H,9,17H2,1-3H3. The Labute approximate surface area is 124 Å². The number of benzene rings is 1. The summed E-state index contributed by atoms with van der Waals surface area (Å²) in [6.07, 6.45) is -0.601. The van der Waals surface area contributed by atoms with E-state index in [1.165, 1.54) is 0 Å². The van der Waals surface area contributed by atoms with Crippen LogP contribution < -0.4 is 10.5 Å². The largest absolute Gasteiger partial charge is 0.496 e. The Morgan fingerprint density at radius 1 is 1.30 bits per heavy atom. The summed E-state index contributed by atoms with van der Waals surface area (Å²) in [5.74, 6) is 0.613. The molecule has 1 aromatic heterocycles. The van der Waals surface area contributed by atoms with Crippen LogP contribution in [-0.2, 0) is 0 Å². The van der Waals surface area contributed by atoms with Crippen LogP contribution in [0.25, 0.3) is 0 Å². The molecule has 2 aromatic rings. The number of methoxy groups -OCH3 is 1. The third-order valence-electron chi connectivity index (χ3n) is 3.59. The number of nitrogens with two attached hydrogens (primary N) is 1. The smallest absolute Gasteiger partial charge is 0.122 e. The Morgan fingerprint density at radius 2 is 2.05 bits per heavy atom. The maximum atomic E-state index is 10.7. The highest BCUT2D eigenvalue weighted by atomic mass is 32.1. The highest BCUT2D eigenvalue weighted by Crippen LogP contribution is 2.38. The van der Waals surface area contributed by atoms with Gasteiger partial charge in [0.2, 0.25) is 0 Å². The molecule has 0 aliphatic rings. The van der Waals surface area contributed by atoms with Gasteiger partial charge in [-0.25, -0.2) is 0 Å². The highest BCUT2D eigenvalue weighted by molar-refractivity contribution is 7.10. The lowest BCUT2D eigenvalue weighted by atomic mass is 9.90. The van der Waals surface area contributed by atoms with Crippen molar-refractivity contribution in [3.63, 3.8) is 0 Å². The van der Waals surface area contributed by atoms with Crippen LogP contribution >= 0.6 is 11.3 Å². The van der Waals surface area contributed by atoms with E-state index in [0.29, 0.717) is 6.54 Å². The van der Waals surface area contributed by atoms with Gasteiger partial charge in [0, 0.05) is 22.9 Å². The van der Waals surface area contributed by atoms with Crippen molar-refractivity contribution in [2.45, 2.75) is 25.9 Å². The van der Waals surface area contributed by atoms with Crippen LogP contribution in [0.15, 0.2) is 29.6 Å². The van der Waals surface area contributed by atoms with Gasteiger partial charge in [-0.15, -0.1) is 11.3 Å². The van der Waals surface area contributed by atoms with Crippen molar-refractivity contribution in [3.8, 4) is 5.75 Å². The molecule has 20 heavy (non-hydrogen) atoms. The maximum absolute atomic E-state index is 10.7. The predicted molar refractivity (Wildman–Crippen MR) is 83.5 cm³/mol. The van der Waals surface area contributed by atoms with Crippen molar-refractivity contribution in [1.82, 2.24) is 0 Å². The monoisotopic (exact) mass is 291 g/mol. The van der Waals surface area contributed by atoms with Gasteiger partial charge < -0.3 is 15.6 Å². The molecule has 2 rings (SSSR count). The summed E-state index contributed by atoms with van der Waals surface area (Å²) in [7, 11) is 1.64. The molecule has 0 spiro atoms. The molecule has 0 saturated carbocycles. The van der Waals surface area contributed by atoms with Gasteiger partial charge in [0.25, 0.3) is 0 Å². The minimum Gasteiger partial charge on any atom is -0.496 e. The van der Waals surface area contributed by atoms with Crippen LogP contribution in [0.2, 0.25) is 0 Å². The number of aliphatic hydroxyl groups excluding tert-OH is 1. The Hall–Kier alpha value is -1.36. The zero-order valence-electron chi connectivity index (χ0n) is 12.1. The van der Waals surface area contributed by atoms with Crippen molar-refractivity contribution < 1.29 is 9.84 Å². The summed E-state index contributed by atoms with van der Waals surface area (Å²) < 4.78 is 5.42. The molecule has 0 aliphatic carbocycles. The molecule has 0 aliphatic heterocycles. The third-order valence-corrected chi connectivity index (χ3v) is 4.68. The third kappa shape index (κ3) is 2.87. The average Bonchev–Trinajstić information content (AvgIpc) is 2.86. The summed E-state index contributed by atoms with van der Waals surface area (Å²) in [6, 6.07) is 7.99. The Kier molecular flexibility index (Phi) is 4.81. The van der Waals surface area contributed by atoms with Gasteiger partial charge in [0.15, 0.2) is 0 Å². The van der Waals surface area contributed by atoms with Gasteiger partial charge >= 0.3 is 0 Å². The van der Waals surface area contributed by atoms with E-state index in [1.807, 2.05) is 43.5 Å². The molecule has 3 N–H and O–H groups in total. The molecule has 2 unspecified atom stereocenters. The fourth-order valence-electron chi connectivity index (χ4n) is 2.44. The SMILES string of the molecule is COc1ccc(C)cc1C(CN)C(O)c1sccc1C. The van der Waals surface area contributed by atoms with E-state index in [4.69, 9.17) is 10.5 Å². The van der Waals surface area contributed by atoms with Gasteiger partial charge in [-0.3, -0.25) is 0 Å². The second kappa shape index (κ2) is 6.39. The van der Waals surface area contributed by atoms with E-state index >= 15 is 0 Å². The quantitative estimate of drug-likeness (QED) is 0.889. The fourth-order valence-corrected chi connectivity index (χ4v) is 3.42. The minimum absolute atomic E-state index is 0.165. The topological polar surface area (TPSA) is 55.5 Å². The molecular formula is C16H21NO2S. The number of aryl methyl sites for hydroxylation is 2. The van der Waals surface area contributed by atoms with Gasteiger partial charge in [0.05, 0.1) is 13.2 Å². The summed E-state index contributed by atoms with van der Waals surface area (Å²) in [6.45, 7) is 4.41. The van der Waals surface area contributed by atoms with E-state index < -0.39 is 6.10 Å². The van der Waals surface area contributed by atoms with E-state index in [9.17, 15) is 5.11 Å². The summed E-state index contributed by atoms with van der Waals surface area (Å²) >= 11 is 1.57. The average molecular weight is 291 g/mol. The zero-order chi connectivity index (χ0) is 14.7. The van der Waals surface area contributed by atoms with E-state index in [1.54, 1.807) is 18.4 Å². The van der Waals surface area contributed by atoms with Crippen molar-refractivity contribution in [3.05, 3.63) is 51.2 Å². The summed E-state index contributed by atoms with van der Waals surface area (Å²) in [4.78, 5) is 0.976. The van der Waals surface area contributed by atoms with Gasteiger partial charge in [-0.1, -0.05) is 17.7 Å². The molecule has 108 valence electrons. The predicted octanol–water partition coefficient (Wildman–Crippen LogP) is 3.15. The van der Waals surface area contributed by atoms with E-state index in [2.05, 4.69) is 0 Å². The number of hydrogen-bond acceptors (Lipinski definition) is 4. The first-order valence-electron chi connectivity index (χ1n) is 6.65. The molecule has 3 nitrogen and oxygen atoms in total. The molecule has 2 atom stereocenters. The number of hydrogen-bond donors (Lipinski definition) is 2. The molecule has 0 amide bonds. The molecule has 1 aromatic carbocycles. The Bertz CT molecular complexity index is 580. The van der Waals surface area contributed by atoms with Gasteiger partial charge in [0.1, 0.15) is 5.75 Å². The number of thiophene rings is 1. The summed E-state index contributed by atoms with van der Waals surface area (Å²) in [5.41, 5.74) is 9.13. The summed E-state index contributed by atoms with van der Waals surface area (Å²) in [5, 5.41) is 12.7. The molecular weight excluding hydrogens is 270 g/mol. The molecule has 4 heteroatoms. The van der Waals surface area contributed by atoms with Crippen LogP contribution in [0.5, 0.6) is 5.75 Å². The number of rotatable bonds is 5. The van der Waals surface area contributed by atoms with Gasteiger partial charge in [-0.2, -0.15) is 0 Å². The van der Waals surface area contributed by atoms with Crippen LogP contribution in [0.1, 0.15) is 33.6 Å². The van der Waals surface area contributed by atoms with Crippen LogP contribution in [0, 0.1) is 13.8 Å². The van der Waals surface area contributed by atoms with Crippen molar-refractivity contribution in [1.29, 1.82) is 0 Å². The van der Waals surface area contributed by atoms with E-state index in [-0.39, 0.29) is 5.92 Å². The zero-order valence-corrected chi connectivity index (χ0v) is 12.9. The number of aliphatic hydroxyl groups is 1. The molecule has 0 saturated heterocycles.